The molecule has 0 amide bonds. The molecule has 2 nitrogen and oxygen atoms in total. The topological polar surface area (TPSA) is 34.1 Å². The highest BCUT2D eigenvalue weighted by molar-refractivity contribution is 7.54. The molecule has 0 atom stereocenters. The highest BCUT2D eigenvalue weighted by atomic mass is 35.8. The predicted molar refractivity (Wildman–Crippen MR) is 129 cm³/mol. The Morgan fingerprint density at radius 1 is 0.647 bits per heavy atom. The predicted octanol–water partition coefficient (Wildman–Crippen LogP) is 8.73. The van der Waals surface area contributed by atoms with Crippen molar-refractivity contribution in [3.8, 4) is 0 Å². The van der Waals surface area contributed by atoms with Crippen molar-refractivity contribution in [1.29, 1.82) is 0 Å². The molecular weight excluding hydrogens is 661 g/mol. The van der Waals surface area contributed by atoms with E-state index in [1.807, 2.05) is 0 Å². The first-order valence-electron chi connectivity index (χ1n) is 7.80. The van der Waals surface area contributed by atoms with E-state index in [1.54, 1.807) is 0 Å². The van der Waals surface area contributed by atoms with E-state index >= 15 is 0 Å². The van der Waals surface area contributed by atoms with Gasteiger partial charge in [0.05, 0.1) is 22.7 Å². The Morgan fingerprint density at radius 3 is 1.09 bits per heavy atom. The Kier molecular flexibility index (Phi) is 26.9. The summed E-state index contributed by atoms with van der Waals surface area (Å²) in [5.41, 5.74) is -0.795. The molecule has 0 unspecified atom stereocenters. The summed E-state index contributed by atoms with van der Waals surface area (Å²) < 4.78 is 73.8. The Bertz CT molecular complexity index is 804. The Balaban J connectivity index is -0.000000397. The van der Waals surface area contributed by atoms with Crippen LogP contribution in [0.5, 0.6) is 0 Å². The van der Waals surface area contributed by atoms with Gasteiger partial charge in [0.2, 0.25) is 5.24 Å². The lowest BCUT2D eigenvalue weighted by Crippen LogP contribution is -2.07. The van der Waals surface area contributed by atoms with Crippen LogP contribution in [0.4, 0.5) is 26.3 Å². The van der Waals surface area contributed by atoms with Gasteiger partial charge in [0.25, 0.3) is 0 Å². The third-order valence-electron chi connectivity index (χ3n) is 2.34. The molecule has 0 bridgehead atoms. The molecule has 2 rings (SSSR count). The van der Waals surface area contributed by atoms with E-state index in [4.69, 9.17) is 88.2 Å². The maximum absolute atomic E-state index is 12.8. The SMILES string of the molecule is ClCCl.Fc1cc(F)cc(F)c1.O=C(CCl)c1c(F)cc(F)cc1F.O=C(Cl)CCl.[Cl][Al]([Cl])[Cl]. The summed E-state index contributed by atoms with van der Waals surface area (Å²) in [4.78, 5) is 20.3. The Morgan fingerprint density at radius 2 is 0.882 bits per heavy atom. The van der Waals surface area contributed by atoms with Crippen molar-refractivity contribution in [1.82, 2.24) is 0 Å². The van der Waals surface area contributed by atoms with E-state index in [-0.39, 0.29) is 11.2 Å². The van der Waals surface area contributed by atoms with Gasteiger partial charge in [-0.05, 0) is 11.6 Å². The maximum Gasteiger partial charge on any atom is 0.643 e. The number of carbonyl (C=O) groups is 2. The zero-order chi connectivity index (χ0) is 27.4. The summed E-state index contributed by atoms with van der Waals surface area (Å²) in [6.45, 7) is 0. The summed E-state index contributed by atoms with van der Waals surface area (Å²) in [7, 11) is 14.8. The Labute approximate surface area is 232 Å². The highest BCUT2D eigenvalue weighted by Gasteiger charge is 2.17. The van der Waals surface area contributed by atoms with E-state index in [1.165, 1.54) is 0 Å². The van der Waals surface area contributed by atoms with Gasteiger partial charge in [-0.3, -0.25) is 9.59 Å². The lowest BCUT2D eigenvalue weighted by molar-refractivity contribution is -0.109. The quantitative estimate of drug-likeness (QED) is 0.108. The fourth-order valence-corrected chi connectivity index (χ4v) is 1.53. The lowest BCUT2D eigenvalue weighted by Gasteiger charge is -2.01. The number of hydrogen-bond acceptors (Lipinski definition) is 2. The van der Waals surface area contributed by atoms with Crippen LogP contribution in [0.2, 0.25) is 0 Å². The zero-order valence-corrected chi connectivity index (χ0v) is 23.4. The second-order valence-corrected chi connectivity index (χ2v) is 12.9. The van der Waals surface area contributed by atoms with Crippen molar-refractivity contribution in [2.75, 3.05) is 17.1 Å². The zero-order valence-electron chi connectivity index (χ0n) is 16.2. The summed E-state index contributed by atoms with van der Waals surface area (Å²) in [6, 6.07) is 2.71. The van der Waals surface area contributed by atoms with Crippen LogP contribution in [-0.2, 0) is 4.79 Å². The summed E-state index contributed by atoms with van der Waals surface area (Å²) in [5.74, 6) is -7.77. The number of halogens is 14. The van der Waals surface area contributed by atoms with Gasteiger partial charge in [-0.25, -0.2) is 56.5 Å². The molecule has 34 heavy (non-hydrogen) atoms. The molecule has 2 aromatic rings. The molecule has 0 heterocycles. The van der Waals surface area contributed by atoms with Gasteiger partial charge in [-0.15, -0.1) is 46.4 Å². The normalized spacial score (nSPS) is 8.88. The number of carbonyl (C=O) groups excluding carboxylic acids is 2. The van der Waals surface area contributed by atoms with Crippen LogP contribution >= 0.6 is 88.2 Å². The molecule has 192 valence electrons. The van der Waals surface area contributed by atoms with Crippen LogP contribution in [0.25, 0.3) is 0 Å². The molecule has 0 N–H and O–H groups in total. The van der Waals surface area contributed by atoms with Crippen LogP contribution < -0.4 is 0 Å². The van der Waals surface area contributed by atoms with Crippen LogP contribution in [0, 0.1) is 34.9 Å². The monoisotopic (exact) mass is 668 g/mol. The van der Waals surface area contributed by atoms with Crippen molar-refractivity contribution in [3.05, 3.63) is 70.8 Å². The lowest BCUT2D eigenvalue weighted by atomic mass is 10.1. The highest BCUT2D eigenvalue weighted by Crippen LogP contribution is 2.15. The maximum atomic E-state index is 12.8. The number of hydrogen-bond donors (Lipinski definition) is 0. The van der Waals surface area contributed by atoms with E-state index in [9.17, 15) is 35.9 Å². The summed E-state index contributed by atoms with van der Waals surface area (Å²) >= 11 is 22.4. The number of Topliss-reactive ketones (excluding diaryl/α,β-unsaturated/α-hetero) is 1. The second-order valence-electron chi connectivity index (χ2n) is 4.73. The van der Waals surface area contributed by atoms with Gasteiger partial charge < -0.3 is 0 Å². The molecule has 0 fully saturated rings. The average molecular weight is 672 g/mol. The molecule has 0 aliphatic heterocycles. The first-order chi connectivity index (χ1) is 15.7. The van der Waals surface area contributed by atoms with Crippen molar-refractivity contribution in [2.24, 2.45) is 0 Å². The summed E-state index contributed by atoms with van der Waals surface area (Å²) in [6.07, 6.45) is 0. The molecule has 0 radical (unpaired) electrons. The molecule has 0 saturated heterocycles. The van der Waals surface area contributed by atoms with E-state index in [0.717, 1.165) is 0 Å². The third kappa shape index (κ3) is 23.9. The molecule has 0 aliphatic rings. The second kappa shape index (κ2) is 23.6. The number of ketones is 1. The van der Waals surface area contributed by atoms with Crippen LogP contribution in [-0.4, -0.2) is 39.5 Å². The smallest absolute Gasteiger partial charge is 0.293 e. The third-order valence-corrected chi connectivity index (χ3v) is 3.10. The fourth-order valence-electron chi connectivity index (χ4n) is 1.40. The number of alkyl halides is 4. The molecular formula is C17H11AlCl8F6O2. The molecule has 0 aromatic heterocycles. The standard InChI is InChI=1S/C8H4ClF3O.C6H3F3.C2H2Cl2O.CH2Cl2.Al.3ClH/c9-3-7(13)8-5(11)1-4(10)2-6(8)12;7-4-1-5(8)3-6(9)2-4;3-1-2(4)5;2-1-3;;;;/h1-2H,3H2;1-3H;1H2;1H2;;3*1H/q;;;;+3;;;/p-3. The van der Waals surface area contributed by atoms with Gasteiger partial charge in [0, 0.05) is 30.3 Å². The van der Waals surface area contributed by atoms with Gasteiger partial charge in [-0.2, -0.15) is 0 Å². The van der Waals surface area contributed by atoms with Gasteiger partial charge in [0.1, 0.15) is 34.9 Å². The van der Waals surface area contributed by atoms with Gasteiger partial charge in [0.15, 0.2) is 5.78 Å². The molecule has 17 heteroatoms. The largest absolute Gasteiger partial charge is 0.643 e. The van der Waals surface area contributed by atoms with Crippen LogP contribution in [0.1, 0.15) is 10.4 Å². The minimum Gasteiger partial charge on any atom is -0.293 e. The van der Waals surface area contributed by atoms with Crippen molar-refractivity contribution >= 4 is 111 Å². The van der Waals surface area contributed by atoms with Crippen molar-refractivity contribution in [3.63, 3.8) is 0 Å². The summed E-state index contributed by atoms with van der Waals surface area (Å²) in [5, 5.41) is -0.313. The van der Waals surface area contributed by atoms with Crippen LogP contribution in [0.3, 0.4) is 0 Å². The van der Waals surface area contributed by atoms with Gasteiger partial charge in [-0.1, -0.05) is 0 Å². The molecule has 0 spiro atoms. The Hall–Kier alpha value is 0.212. The van der Waals surface area contributed by atoms with E-state index in [0.29, 0.717) is 30.3 Å². The number of rotatable bonds is 3. The van der Waals surface area contributed by atoms with Crippen molar-refractivity contribution < 1.29 is 35.9 Å². The number of benzene rings is 2. The minimum atomic E-state index is -1.72. The van der Waals surface area contributed by atoms with Crippen molar-refractivity contribution in [2.45, 2.75) is 0 Å². The first-order valence-corrected chi connectivity index (χ1v) is 15.6. The first kappa shape index (κ1) is 38.7. The van der Waals surface area contributed by atoms with E-state index < -0.39 is 68.8 Å². The molecule has 2 aromatic carbocycles. The minimum absolute atomic E-state index is 0.0957. The van der Waals surface area contributed by atoms with Crippen LogP contribution in [0.15, 0.2) is 30.3 Å². The molecule has 0 aliphatic carbocycles. The van der Waals surface area contributed by atoms with E-state index in [2.05, 4.69) is 0 Å². The molecule has 0 saturated carbocycles. The average Bonchev–Trinajstić information content (AvgIpc) is 2.67. The van der Waals surface area contributed by atoms with Gasteiger partial charge >= 0.3 is 11.4 Å². The fraction of sp³-hybridized carbons (Fsp3) is 0.176.